The average Bonchev–Trinajstić information content (AvgIpc) is 2.98. The van der Waals surface area contributed by atoms with E-state index in [1.54, 1.807) is 6.20 Å². The SMILES string of the molecule is Cc1ccc(C(=O)Nc2cnn(Cc3ccccc3)c2)cc1C. The van der Waals surface area contributed by atoms with Crippen molar-refractivity contribution in [2.24, 2.45) is 0 Å². The van der Waals surface area contributed by atoms with E-state index in [0.717, 1.165) is 5.56 Å². The summed E-state index contributed by atoms with van der Waals surface area (Å²) in [6, 6.07) is 15.8. The van der Waals surface area contributed by atoms with E-state index in [4.69, 9.17) is 0 Å². The van der Waals surface area contributed by atoms with E-state index in [1.165, 1.54) is 11.1 Å². The zero-order valence-corrected chi connectivity index (χ0v) is 13.3. The number of nitrogens with one attached hydrogen (secondary N) is 1. The second kappa shape index (κ2) is 6.48. The average molecular weight is 305 g/mol. The van der Waals surface area contributed by atoms with E-state index in [9.17, 15) is 4.79 Å². The zero-order chi connectivity index (χ0) is 16.2. The first-order valence-electron chi connectivity index (χ1n) is 7.57. The van der Waals surface area contributed by atoms with Crippen LogP contribution in [0.2, 0.25) is 0 Å². The fourth-order valence-electron chi connectivity index (χ4n) is 2.37. The number of carbonyl (C=O) groups is 1. The van der Waals surface area contributed by atoms with Crippen molar-refractivity contribution in [1.29, 1.82) is 0 Å². The lowest BCUT2D eigenvalue weighted by Crippen LogP contribution is -2.11. The van der Waals surface area contributed by atoms with Crippen LogP contribution in [0.3, 0.4) is 0 Å². The number of amides is 1. The largest absolute Gasteiger partial charge is 0.319 e. The first kappa shape index (κ1) is 15.0. The molecule has 1 N–H and O–H groups in total. The third kappa shape index (κ3) is 3.66. The maximum Gasteiger partial charge on any atom is 0.255 e. The Bertz CT molecular complexity index is 822. The predicted octanol–water partition coefficient (Wildman–Crippen LogP) is 3.80. The molecule has 0 unspecified atom stereocenters. The summed E-state index contributed by atoms with van der Waals surface area (Å²) >= 11 is 0. The molecular weight excluding hydrogens is 286 g/mol. The molecule has 23 heavy (non-hydrogen) atoms. The van der Waals surface area contributed by atoms with E-state index in [-0.39, 0.29) is 5.91 Å². The molecule has 1 aromatic heterocycles. The standard InChI is InChI=1S/C19H19N3O/c1-14-8-9-17(10-15(14)2)19(23)21-18-11-20-22(13-18)12-16-6-4-3-5-7-16/h3-11,13H,12H2,1-2H3,(H,21,23). The first-order chi connectivity index (χ1) is 11.1. The number of nitrogens with zero attached hydrogens (tertiary/aromatic N) is 2. The van der Waals surface area contributed by atoms with E-state index in [0.29, 0.717) is 17.8 Å². The highest BCUT2D eigenvalue weighted by atomic mass is 16.1. The van der Waals surface area contributed by atoms with Crippen LogP contribution in [0.4, 0.5) is 5.69 Å². The van der Waals surface area contributed by atoms with Gasteiger partial charge in [-0.15, -0.1) is 0 Å². The normalized spacial score (nSPS) is 10.5. The minimum atomic E-state index is -0.118. The maximum absolute atomic E-state index is 12.3. The number of hydrogen-bond acceptors (Lipinski definition) is 2. The van der Waals surface area contributed by atoms with Gasteiger partial charge in [-0.05, 0) is 42.7 Å². The van der Waals surface area contributed by atoms with Crippen molar-refractivity contribution < 1.29 is 4.79 Å². The van der Waals surface area contributed by atoms with Gasteiger partial charge in [0.25, 0.3) is 5.91 Å². The molecule has 0 spiro atoms. The topological polar surface area (TPSA) is 46.9 Å². The number of benzene rings is 2. The van der Waals surface area contributed by atoms with Crippen LogP contribution in [-0.2, 0) is 6.54 Å². The molecule has 0 saturated carbocycles. The van der Waals surface area contributed by atoms with Gasteiger partial charge < -0.3 is 5.32 Å². The van der Waals surface area contributed by atoms with Crippen molar-refractivity contribution in [1.82, 2.24) is 9.78 Å². The van der Waals surface area contributed by atoms with Crippen LogP contribution < -0.4 is 5.32 Å². The number of rotatable bonds is 4. The highest BCUT2D eigenvalue weighted by molar-refractivity contribution is 6.04. The fourth-order valence-corrected chi connectivity index (χ4v) is 2.37. The lowest BCUT2D eigenvalue weighted by Gasteiger charge is -2.05. The molecule has 0 aliphatic rings. The Balaban J connectivity index is 1.68. The van der Waals surface area contributed by atoms with Crippen LogP contribution in [0, 0.1) is 13.8 Å². The highest BCUT2D eigenvalue weighted by Crippen LogP contribution is 2.13. The molecular formula is C19H19N3O. The molecule has 0 bridgehead atoms. The lowest BCUT2D eigenvalue weighted by atomic mass is 10.1. The number of carbonyl (C=O) groups excluding carboxylic acids is 1. The summed E-state index contributed by atoms with van der Waals surface area (Å²) in [6.45, 7) is 4.72. The molecule has 2 aromatic carbocycles. The molecule has 116 valence electrons. The Morgan fingerprint density at radius 3 is 2.61 bits per heavy atom. The molecule has 0 fully saturated rings. The number of anilines is 1. The van der Waals surface area contributed by atoms with Gasteiger partial charge in [-0.1, -0.05) is 36.4 Å². The Morgan fingerprint density at radius 2 is 1.87 bits per heavy atom. The molecule has 0 atom stereocenters. The van der Waals surface area contributed by atoms with Crippen molar-refractivity contribution in [2.45, 2.75) is 20.4 Å². The summed E-state index contributed by atoms with van der Waals surface area (Å²) in [5.74, 6) is -0.118. The van der Waals surface area contributed by atoms with E-state index in [2.05, 4.69) is 22.5 Å². The summed E-state index contributed by atoms with van der Waals surface area (Å²) in [4.78, 5) is 12.3. The van der Waals surface area contributed by atoms with Crippen molar-refractivity contribution in [2.75, 3.05) is 5.32 Å². The molecule has 0 aliphatic heterocycles. The molecule has 4 nitrogen and oxygen atoms in total. The Hall–Kier alpha value is -2.88. The number of hydrogen-bond donors (Lipinski definition) is 1. The molecule has 3 rings (SSSR count). The highest BCUT2D eigenvalue weighted by Gasteiger charge is 2.08. The van der Waals surface area contributed by atoms with Crippen LogP contribution in [0.5, 0.6) is 0 Å². The van der Waals surface area contributed by atoms with Gasteiger partial charge in [0, 0.05) is 11.8 Å². The summed E-state index contributed by atoms with van der Waals surface area (Å²) in [5.41, 5.74) is 4.81. The van der Waals surface area contributed by atoms with Crippen molar-refractivity contribution in [3.8, 4) is 0 Å². The Kier molecular flexibility index (Phi) is 4.24. The second-order valence-corrected chi connectivity index (χ2v) is 5.67. The zero-order valence-electron chi connectivity index (χ0n) is 13.3. The van der Waals surface area contributed by atoms with Gasteiger partial charge in [-0.25, -0.2) is 0 Å². The number of aryl methyl sites for hydroxylation is 2. The molecule has 3 aromatic rings. The van der Waals surface area contributed by atoms with Crippen LogP contribution in [0.1, 0.15) is 27.0 Å². The molecule has 1 amide bonds. The molecule has 1 heterocycles. The minimum absolute atomic E-state index is 0.118. The predicted molar refractivity (Wildman–Crippen MR) is 91.6 cm³/mol. The first-order valence-corrected chi connectivity index (χ1v) is 7.57. The smallest absolute Gasteiger partial charge is 0.255 e. The van der Waals surface area contributed by atoms with Gasteiger partial charge in [0.05, 0.1) is 18.4 Å². The van der Waals surface area contributed by atoms with Gasteiger partial charge in [0.2, 0.25) is 0 Å². The molecule has 0 radical (unpaired) electrons. The summed E-state index contributed by atoms with van der Waals surface area (Å²) < 4.78 is 1.81. The van der Waals surface area contributed by atoms with Crippen molar-refractivity contribution in [3.05, 3.63) is 83.2 Å². The van der Waals surface area contributed by atoms with Crippen LogP contribution in [0.25, 0.3) is 0 Å². The third-order valence-corrected chi connectivity index (χ3v) is 3.85. The van der Waals surface area contributed by atoms with Gasteiger partial charge >= 0.3 is 0 Å². The number of aromatic nitrogens is 2. The van der Waals surface area contributed by atoms with Crippen LogP contribution in [0.15, 0.2) is 60.9 Å². The lowest BCUT2D eigenvalue weighted by molar-refractivity contribution is 0.102. The second-order valence-electron chi connectivity index (χ2n) is 5.67. The Labute approximate surface area is 135 Å². The molecule has 4 heteroatoms. The summed E-state index contributed by atoms with van der Waals surface area (Å²) in [6.07, 6.45) is 3.51. The van der Waals surface area contributed by atoms with Crippen LogP contribution in [-0.4, -0.2) is 15.7 Å². The Morgan fingerprint density at radius 1 is 1.09 bits per heavy atom. The summed E-state index contributed by atoms with van der Waals surface area (Å²) in [7, 11) is 0. The molecule has 0 aliphatic carbocycles. The van der Waals surface area contributed by atoms with Gasteiger partial charge in [0.1, 0.15) is 0 Å². The van der Waals surface area contributed by atoms with Crippen molar-refractivity contribution >= 4 is 11.6 Å². The van der Waals surface area contributed by atoms with E-state index in [1.807, 2.05) is 61.1 Å². The summed E-state index contributed by atoms with van der Waals surface area (Å²) in [5, 5.41) is 7.18. The monoisotopic (exact) mass is 305 g/mol. The minimum Gasteiger partial charge on any atom is -0.319 e. The quantitative estimate of drug-likeness (QED) is 0.797. The van der Waals surface area contributed by atoms with E-state index >= 15 is 0 Å². The maximum atomic E-state index is 12.3. The van der Waals surface area contributed by atoms with Gasteiger partial charge in [0.15, 0.2) is 0 Å². The fraction of sp³-hybridized carbons (Fsp3) is 0.158. The third-order valence-electron chi connectivity index (χ3n) is 3.85. The van der Waals surface area contributed by atoms with Crippen molar-refractivity contribution in [3.63, 3.8) is 0 Å². The van der Waals surface area contributed by atoms with E-state index < -0.39 is 0 Å². The van der Waals surface area contributed by atoms with Crippen LogP contribution >= 0.6 is 0 Å². The van der Waals surface area contributed by atoms with Gasteiger partial charge in [-0.3, -0.25) is 9.48 Å². The van der Waals surface area contributed by atoms with Gasteiger partial charge in [-0.2, -0.15) is 5.10 Å². The molecule has 0 saturated heterocycles.